The maximum absolute atomic E-state index is 12.6. The molecule has 0 aliphatic rings. The van der Waals surface area contributed by atoms with Gasteiger partial charge in [-0.15, -0.1) is 11.3 Å². The fraction of sp³-hybridized carbons (Fsp3) is 0.250. The molecule has 0 aliphatic heterocycles. The van der Waals surface area contributed by atoms with Crippen LogP contribution >= 0.6 is 27.3 Å². The number of rotatable bonds is 3. The van der Waals surface area contributed by atoms with E-state index in [2.05, 4.69) is 31.2 Å². The number of pyridine rings is 1. The molecule has 2 amide bonds. The molecule has 1 unspecified atom stereocenters. The highest BCUT2D eigenvalue weighted by atomic mass is 79.9. The monoisotopic (exact) mass is 394 g/mol. The van der Waals surface area contributed by atoms with Gasteiger partial charge in [0.15, 0.2) is 5.69 Å². The summed E-state index contributed by atoms with van der Waals surface area (Å²) in [5.41, 5.74) is 5.02. The van der Waals surface area contributed by atoms with Gasteiger partial charge in [0.2, 0.25) is 0 Å². The SMILES string of the molecule is CC(NC(N)=O)c1cc(-c2nc(C(F)(F)F)cs2)c(Br)cn1. The number of carbonyl (C=O) groups is 1. The smallest absolute Gasteiger partial charge is 0.352 e. The molecule has 0 spiro atoms. The summed E-state index contributed by atoms with van der Waals surface area (Å²) >= 11 is 4.11. The van der Waals surface area contributed by atoms with Crippen LogP contribution < -0.4 is 11.1 Å². The number of hydrogen-bond donors (Lipinski definition) is 2. The maximum Gasteiger partial charge on any atom is 0.434 e. The molecule has 0 aliphatic carbocycles. The lowest BCUT2D eigenvalue weighted by atomic mass is 10.1. The normalized spacial score (nSPS) is 13.0. The van der Waals surface area contributed by atoms with Gasteiger partial charge >= 0.3 is 12.2 Å². The van der Waals surface area contributed by atoms with E-state index in [1.807, 2.05) is 0 Å². The van der Waals surface area contributed by atoms with E-state index in [1.165, 1.54) is 6.20 Å². The molecule has 2 aromatic heterocycles. The standard InChI is InChI=1S/C12H10BrF3N4OS/c1-5(19-11(17)21)8-2-6(7(13)3-18-8)10-20-9(4-22-10)12(14,15)16/h2-5H,1H3,(H3,17,19,21). The van der Waals surface area contributed by atoms with Crippen molar-refractivity contribution in [2.24, 2.45) is 5.73 Å². The zero-order valence-corrected chi connectivity index (χ0v) is 13.5. The molecule has 0 aromatic carbocycles. The van der Waals surface area contributed by atoms with Crippen molar-refractivity contribution in [3.8, 4) is 10.6 Å². The summed E-state index contributed by atoms with van der Waals surface area (Å²) in [4.78, 5) is 18.6. The van der Waals surface area contributed by atoms with Crippen LogP contribution in [-0.2, 0) is 6.18 Å². The van der Waals surface area contributed by atoms with E-state index in [4.69, 9.17) is 5.73 Å². The number of amides is 2. The first kappa shape index (κ1) is 16.7. The van der Waals surface area contributed by atoms with E-state index in [0.717, 1.165) is 16.7 Å². The number of nitrogens with one attached hydrogen (secondary N) is 1. The van der Waals surface area contributed by atoms with Gasteiger partial charge < -0.3 is 11.1 Å². The molecule has 0 saturated heterocycles. The van der Waals surface area contributed by atoms with Crippen molar-refractivity contribution in [1.82, 2.24) is 15.3 Å². The van der Waals surface area contributed by atoms with Crippen LogP contribution in [0, 0.1) is 0 Å². The van der Waals surface area contributed by atoms with Crippen LogP contribution in [0.3, 0.4) is 0 Å². The lowest BCUT2D eigenvalue weighted by molar-refractivity contribution is -0.140. The average Bonchev–Trinajstić information content (AvgIpc) is 2.87. The van der Waals surface area contributed by atoms with Crippen molar-refractivity contribution in [2.75, 3.05) is 0 Å². The molecule has 5 nitrogen and oxygen atoms in total. The van der Waals surface area contributed by atoms with Crippen LogP contribution in [0.25, 0.3) is 10.6 Å². The quantitative estimate of drug-likeness (QED) is 0.832. The highest BCUT2D eigenvalue weighted by Gasteiger charge is 2.34. The molecular formula is C12H10BrF3N4OS. The van der Waals surface area contributed by atoms with Crippen LogP contribution in [0.5, 0.6) is 0 Å². The van der Waals surface area contributed by atoms with E-state index in [0.29, 0.717) is 15.7 Å². The zero-order chi connectivity index (χ0) is 16.5. The first-order valence-electron chi connectivity index (χ1n) is 5.93. The Labute approximate surface area is 135 Å². The number of halogens is 4. The Morgan fingerprint density at radius 2 is 2.18 bits per heavy atom. The van der Waals surface area contributed by atoms with Crippen molar-refractivity contribution in [1.29, 1.82) is 0 Å². The van der Waals surface area contributed by atoms with Crippen LogP contribution in [-0.4, -0.2) is 16.0 Å². The third-order valence-corrected chi connectivity index (χ3v) is 4.21. The van der Waals surface area contributed by atoms with Crippen LogP contribution in [0.2, 0.25) is 0 Å². The number of urea groups is 1. The Hall–Kier alpha value is -1.68. The Morgan fingerprint density at radius 1 is 1.50 bits per heavy atom. The second kappa shape index (κ2) is 6.21. The van der Waals surface area contributed by atoms with Crippen LogP contribution in [0.15, 0.2) is 22.1 Å². The van der Waals surface area contributed by atoms with Crippen LogP contribution in [0.1, 0.15) is 24.4 Å². The number of nitrogens with two attached hydrogens (primary N) is 1. The summed E-state index contributed by atoms with van der Waals surface area (Å²) in [5.74, 6) is 0. The molecular weight excluding hydrogens is 385 g/mol. The summed E-state index contributed by atoms with van der Waals surface area (Å²) in [7, 11) is 0. The van der Waals surface area contributed by atoms with Crippen molar-refractivity contribution >= 4 is 33.3 Å². The van der Waals surface area contributed by atoms with Crippen molar-refractivity contribution < 1.29 is 18.0 Å². The molecule has 2 heterocycles. The summed E-state index contributed by atoms with van der Waals surface area (Å²) in [6.07, 6.45) is -3.05. The Balaban J connectivity index is 2.38. The third-order valence-electron chi connectivity index (χ3n) is 2.70. The average molecular weight is 395 g/mol. The topological polar surface area (TPSA) is 80.9 Å². The predicted octanol–water partition coefficient (Wildman–Crippen LogP) is 3.72. The molecule has 22 heavy (non-hydrogen) atoms. The molecule has 2 aromatic rings. The van der Waals surface area contributed by atoms with E-state index >= 15 is 0 Å². The van der Waals surface area contributed by atoms with Gasteiger partial charge in [0.05, 0.1) is 11.7 Å². The fourth-order valence-electron chi connectivity index (χ4n) is 1.67. The Bertz CT molecular complexity index is 704. The minimum absolute atomic E-state index is 0.203. The number of aromatic nitrogens is 2. The molecule has 3 N–H and O–H groups in total. The van der Waals surface area contributed by atoms with Gasteiger partial charge in [-0.1, -0.05) is 0 Å². The number of primary amides is 1. The van der Waals surface area contributed by atoms with E-state index in [9.17, 15) is 18.0 Å². The van der Waals surface area contributed by atoms with Gasteiger partial charge in [0.1, 0.15) is 5.01 Å². The largest absolute Gasteiger partial charge is 0.434 e. The number of thiazole rings is 1. The highest BCUT2D eigenvalue weighted by Crippen LogP contribution is 2.36. The number of nitrogens with zero attached hydrogens (tertiary/aromatic N) is 2. The predicted molar refractivity (Wildman–Crippen MR) is 79.2 cm³/mol. The van der Waals surface area contributed by atoms with Crippen molar-refractivity contribution in [3.63, 3.8) is 0 Å². The molecule has 0 bridgehead atoms. The number of hydrogen-bond acceptors (Lipinski definition) is 4. The zero-order valence-electron chi connectivity index (χ0n) is 11.1. The second-order valence-corrected chi connectivity index (χ2v) is 6.07. The van der Waals surface area contributed by atoms with Gasteiger partial charge in [-0.25, -0.2) is 9.78 Å². The van der Waals surface area contributed by atoms with E-state index in [-0.39, 0.29) is 5.01 Å². The van der Waals surface area contributed by atoms with Gasteiger partial charge in [-0.05, 0) is 28.9 Å². The summed E-state index contributed by atoms with van der Waals surface area (Å²) in [6.45, 7) is 1.66. The molecule has 10 heteroatoms. The minimum atomic E-state index is -4.49. The molecule has 2 rings (SSSR count). The summed E-state index contributed by atoms with van der Waals surface area (Å²) in [5, 5.41) is 3.60. The maximum atomic E-state index is 12.6. The van der Waals surface area contributed by atoms with Gasteiger partial charge in [0, 0.05) is 21.6 Å². The molecule has 0 saturated carbocycles. The highest BCUT2D eigenvalue weighted by molar-refractivity contribution is 9.10. The first-order valence-corrected chi connectivity index (χ1v) is 7.60. The fourth-order valence-corrected chi connectivity index (χ4v) is 3.06. The molecule has 1 atom stereocenters. The van der Waals surface area contributed by atoms with E-state index in [1.54, 1.807) is 13.0 Å². The molecule has 0 fully saturated rings. The van der Waals surface area contributed by atoms with Crippen molar-refractivity contribution in [2.45, 2.75) is 19.1 Å². The Kier molecular flexibility index (Phi) is 4.71. The van der Waals surface area contributed by atoms with E-state index < -0.39 is 23.9 Å². The lowest BCUT2D eigenvalue weighted by Crippen LogP contribution is -2.32. The minimum Gasteiger partial charge on any atom is -0.352 e. The third kappa shape index (κ3) is 3.74. The Morgan fingerprint density at radius 3 is 2.73 bits per heavy atom. The molecule has 118 valence electrons. The molecule has 0 radical (unpaired) electrons. The lowest BCUT2D eigenvalue weighted by Gasteiger charge is -2.13. The summed E-state index contributed by atoms with van der Waals surface area (Å²) < 4.78 is 38.4. The van der Waals surface area contributed by atoms with Gasteiger partial charge in [-0.3, -0.25) is 4.98 Å². The van der Waals surface area contributed by atoms with Crippen molar-refractivity contribution in [3.05, 3.63) is 33.5 Å². The number of carbonyl (C=O) groups excluding carboxylic acids is 1. The summed E-state index contributed by atoms with van der Waals surface area (Å²) in [6, 6.07) is 0.364. The second-order valence-electron chi connectivity index (χ2n) is 4.35. The number of alkyl halides is 3. The van der Waals surface area contributed by atoms with Gasteiger partial charge in [-0.2, -0.15) is 13.2 Å². The van der Waals surface area contributed by atoms with Crippen LogP contribution in [0.4, 0.5) is 18.0 Å². The van der Waals surface area contributed by atoms with Gasteiger partial charge in [0.25, 0.3) is 0 Å². The first-order chi connectivity index (χ1) is 10.2.